The molecule has 7 nitrogen and oxygen atoms in total. The first kappa shape index (κ1) is 18.6. The predicted molar refractivity (Wildman–Crippen MR) is 101 cm³/mol. The summed E-state index contributed by atoms with van der Waals surface area (Å²) in [5.74, 6) is 2.01. The van der Waals surface area contributed by atoms with Crippen LogP contribution < -0.4 is 19.5 Å². The summed E-state index contributed by atoms with van der Waals surface area (Å²) in [7, 11) is 0. The maximum atomic E-state index is 12.9. The topological polar surface area (TPSA) is 78.9 Å². The normalized spacial score (nSPS) is 18.3. The Kier molecular flexibility index (Phi) is 5.62. The second-order valence-electron chi connectivity index (χ2n) is 7.00. The third-order valence-electron chi connectivity index (χ3n) is 5.10. The number of hydrogen-bond donors (Lipinski definition) is 1. The molecule has 0 bridgehead atoms. The predicted octanol–water partition coefficient (Wildman–Crippen LogP) is 2.86. The number of hydrogen-bond acceptors (Lipinski definition) is 6. The van der Waals surface area contributed by atoms with E-state index in [9.17, 15) is 4.79 Å². The average Bonchev–Trinajstić information content (AvgIpc) is 3.21. The number of benzene rings is 1. The number of rotatable bonds is 6. The maximum Gasteiger partial charge on any atom is 0.261 e. The lowest BCUT2D eigenvalue weighted by molar-refractivity contribution is -0.128. The van der Waals surface area contributed by atoms with Crippen LogP contribution in [0.15, 0.2) is 42.7 Å². The first-order valence-electron chi connectivity index (χ1n) is 9.55. The first-order chi connectivity index (χ1) is 13.7. The molecule has 1 N–H and O–H groups in total. The Labute approximate surface area is 164 Å². The lowest BCUT2D eigenvalue weighted by atomic mass is 9.87. The minimum atomic E-state index is -0.653. The number of pyridine rings is 1. The fourth-order valence-corrected chi connectivity index (χ4v) is 3.56. The van der Waals surface area contributed by atoms with Gasteiger partial charge in [-0.1, -0.05) is 6.07 Å². The molecule has 2 aromatic rings. The minimum Gasteiger partial charge on any atom is -0.481 e. The van der Waals surface area contributed by atoms with Crippen LogP contribution in [0.4, 0.5) is 0 Å². The zero-order valence-corrected chi connectivity index (χ0v) is 15.8. The van der Waals surface area contributed by atoms with E-state index < -0.39 is 6.10 Å². The summed E-state index contributed by atoms with van der Waals surface area (Å²) in [5, 5.41) is 3.16. The number of amides is 1. The van der Waals surface area contributed by atoms with Crippen LogP contribution in [0.2, 0.25) is 0 Å². The van der Waals surface area contributed by atoms with Crippen molar-refractivity contribution in [1.29, 1.82) is 0 Å². The van der Waals surface area contributed by atoms with Crippen molar-refractivity contribution >= 4 is 5.91 Å². The molecule has 0 aliphatic carbocycles. The van der Waals surface area contributed by atoms with Crippen molar-refractivity contribution in [3.05, 3.63) is 48.3 Å². The molecule has 0 saturated carbocycles. The number of fused-ring (bicyclic) bond motifs is 1. The highest BCUT2D eigenvalue weighted by atomic mass is 16.7. The molecular formula is C21H24N2O5. The number of ether oxygens (including phenoxy) is 4. The van der Waals surface area contributed by atoms with E-state index in [1.54, 1.807) is 31.3 Å². The van der Waals surface area contributed by atoms with Crippen molar-refractivity contribution in [2.75, 3.05) is 20.0 Å². The highest BCUT2D eigenvalue weighted by Crippen LogP contribution is 2.35. The zero-order valence-electron chi connectivity index (χ0n) is 15.8. The molecule has 1 saturated heterocycles. The quantitative estimate of drug-likeness (QED) is 0.825. The first-order valence-corrected chi connectivity index (χ1v) is 9.55. The van der Waals surface area contributed by atoms with Crippen LogP contribution in [0.1, 0.15) is 31.4 Å². The zero-order chi connectivity index (χ0) is 19.3. The molecule has 4 rings (SSSR count). The van der Waals surface area contributed by atoms with E-state index in [2.05, 4.69) is 10.3 Å². The monoisotopic (exact) mass is 384 g/mol. The molecule has 2 atom stereocenters. The SMILES string of the molecule is C[C@H](Oc1ccc2c(c1)OCO2)C(=O)N[C@H](c1cccnc1)C1CCOCC1. The number of carbonyl (C=O) groups is 1. The Hall–Kier alpha value is -2.80. The van der Waals surface area contributed by atoms with Gasteiger partial charge in [0, 0.05) is 31.7 Å². The molecule has 28 heavy (non-hydrogen) atoms. The molecule has 148 valence electrons. The summed E-state index contributed by atoms with van der Waals surface area (Å²) in [6.45, 7) is 3.36. The van der Waals surface area contributed by atoms with Crippen LogP contribution in [-0.2, 0) is 9.53 Å². The van der Waals surface area contributed by atoms with Crippen LogP contribution in [-0.4, -0.2) is 37.0 Å². The summed E-state index contributed by atoms with van der Waals surface area (Å²) >= 11 is 0. The Bertz CT molecular complexity index is 808. The summed E-state index contributed by atoms with van der Waals surface area (Å²) in [4.78, 5) is 17.1. The molecule has 0 spiro atoms. The van der Waals surface area contributed by atoms with E-state index in [0.717, 1.165) is 18.4 Å². The number of nitrogens with one attached hydrogen (secondary N) is 1. The van der Waals surface area contributed by atoms with E-state index in [0.29, 0.717) is 36.4 Å². The molecular weight excluding hydrogens is 360 g/mol. The van der Waals surface area contributed by atoms with Gasteiger partial charge in [0.15, 0.2) is 17.6 Å². The fourth-order valence-electron chi connectivity index (χ4n) is 3.56. The summed E-state index contributed by atoms with van der Waals surface area (Å²) in [6, 6.07) is 9.06. The van der Waals surface area contributed by atoms with Gasteiger partial charge >= 0.3 is 0 Å². The minimum absolute atomic E-state index is 0.118. The molecule has 0 radical (unpaired) electrons. The second-order valence-corrected chi connectivity index (χ2v) is 7.00. The standard InChI is InChI=1S/C21H24N2O5/c1-14(28-17-4-5-18-19(11-17)27-13-26-18)21(24)23-20(15-6-9-25-10-7-15)16-3-2-8-22-12-16/h2-5,8,11-12,14-15,20H,6-7,9-10,13H2,1H3,(H,23,24)/t14-,20-/m0/s1. The van der Waals surface area contributed by atoms with Gasteiger partial charge in [-0.15, -0.1) is 0 Å². The van der Waals surface area contributed by atoms with Gasteiger partial charge in [0.05, 0.1) is 6.04 Å². The van der Waals surface area contributed by atoms with Crippen LogP contribution >= 0.6 is 0 Å². The fraction of sp³-hybridized carbons (Fsp3) is 0.429. The number of carbonyl (C=O) groups excluding carboxylic acids is 1. The molecule has 2 aliphatic rings. The van der Waals surface area contributed by atoms with Gasteiger partial charge in [0.2, 0.25) is 6.79 Å². The van der Waals surface area contributed by atoms with Gasteiger partial charge in [-0.3, -0.25) is 9.78 Å². The van der Waals surface area contributed by atoms with Crippen LogP contribution in [0.3, 0.4) is 0 Å². The second kappa shape index (κ2) is 8.48. The molecule has 7 heteroatoms. The lowest BCUT2D eigenvalue weighted by Crippen LogP contribution is -2.42. The Morgan fingerprint density at radius 2 is 2.04 bits per heavy atom. The van der Waals surface area contributed by atoms with Gasteiger partial charge in [0.25, 0.3) is 5.91 Å². The van der Waals surface area contributed by atoms with E-state index in [1.807, 2.05) is 18.3 Å². The smallest absolute Gasteiger partial charge is 0.261 e. The largest absolute Gasteiger partial charge is 0.481 e. The third-order valence-corrected chi connectivity index (χ3v) is 5.10. The van der Waals surface area contributed by atoms with E-state index >= 15 is 0 Å². The van der Waals surface area contributed by atoms with E-state index in [-0.39, 0.29) is 18.7 Å². The van der Waals surface area contributed by atoms with E-state index in [4.69, 9.17) is 18.9 Å². The van der Waals surface area contributed by atoms with Gasteiger partial charge in [-0.05, 0) is 49.4 Å². The van der Waals surface area contributed by atoms with Crippen LogP contribution in [0.5, 0.6) is 17.2 Å². The van der Waals surface area contributed by atoms with Crippen molar-refractivity contribution in [1.82, 2.24) is 10.3 Å². The van der Waals surface area contributed by atoms with Crippen molar-refractivity contribution in [2.45, 2.75) is 31.9 Å². The Balaban J connectivity index is 1.44. The molecule has 1 fully saturated rings. The summed E-state index contributed by atoms with van der Waals surface area (Å²) in [6.07, 6.45) is 4.69. The highest BCUT2D eigenvalue weighted by molar-refractivity contribution is 5.81. The average molecular weight is 384 g/mol. The van der Waals surface area contributed by atoms with Gasteiger partial charge < -0.3 is 24.3 Å². The molecule has 1 amide bonds. The van der Waals surface area contributed by atoms with Crippen molar-refractivity contribution in [3.63, 3.8) is 0 Å². The summed E-state index contributed by atoms with van der Waals surface area (Å²) in [5.41, 5.74) is 0.998. The van der Waals surface area contributed by atoms with Crippen molar-refractivity contribution in [2.24, 2.45) is 5.92 Å². The molecule has 3 heterocycles. The van der Waals surface area contributed by atoms with Crippen LogP contribution in [0.25, 0.3) is 0 Å². The van der Waals surface area contributed by atoms with Gasteiger partial charge in [-0.2, -0.15) is 0 Å². The lowest BCUT2D eigenvalue weighted by Gasteiger charge is -2.32. The number of aromatic nitrogens is 1. The molecule has 0 unspecified atom stereocenters. The number of nitrogens with zero attached hydrogens (tertiary/aromatic N) is 1. The maximum absolute atomic E-state index is 12.9. The van der Waals surface area contributed by atoms with Crippen molar-refractivity contribution in [3.8, 4) is 17.2 Å². The van der Waals surface area contributed by atoms with E-state index in [1.165, 1.54) is 0 Å². The van der Waals surface area contributed by atoms with Gasteiger partial charge in [-0.25, -0.2) is 0 Å². The summed E-state index contributed by atoms with van der Waals surface area (Å²) < 4.78 is 22.0. The van der Waals surface area contributed by atoms with Crippen molar-refractivity contribution < 1.29 is 23.7 Å². The molecule has 1 aromatic heterocycles. The van der Waals surface area contributed by atoms with Crippen LogP contribution in [0, 0.1) is 5.92 Å². The third kappa shape index (κ3) is 4.20. The molecule has 2 aliphatic heterocycles. The Morgan fingerprint density at radius 3 is 2.82 bits per heavy atom. The van der Waals surface area contributed by atoms with Gasteiger partial charge in [0.1, 0.15) is 5.75 Å². The highest BCUT2D eigenvalue weighted by Gasteiger charge is 2.29. The Morgan fingerprint density at radius 1 is 1.21 bits per heavy atom. The molecule has 1 aromatic carbocycles.